The molecule has 0 saturated carbocycles. The van der Waals surface area contributed by atoms with E-state index < -0.39 is 0 Å². The molecule has 4 aromatic rings. The van der Waals surface area contributed by atoms with Gasteiger partial charge in [0.2, 0.25) is 17.7 Å². The van der Waals surface area contributed by atoms with Crippen LogP contribution in [0.3, 0.4) is 0 Å². The van der Waals surface area contributed by atoms with Crippen LogP contribution in [-0.4, -0.2) is 59.0 Å². The van der Waals surface area contributed by atoms with E-state index in [1.165, 1.54) is 11.1 Å². The van der Waals surface area contributed by atoms with E-state index in [-0.39, 0.29) is 12.3 Å². The van der Waals surface area contributed by atoms with Crippen LogP contribution >= 0.6 is 0 Å². The quantitative estimate of drug-likeness (QED) is 0.424. The van der Waals surface area contributed by atoms with Gasteiger partial charge in [0.1, 0.15) is 6.42 Å². The first-order valence-corrected chi connectivity index (χ1v) is 12.1. The Balaban J connectivity index is 0.976. The Morgan fingerprint density at radius 2 is 1.92 bits per heavy atom. The number of nitrogens with one attached hydrogen (secondary N) is 2. The van der Waals surface area contributed by atoms with Crippen LogP contribution in [0.4, 0.5) is 12.0 Å². The summed E-state index contributed by atoms with van der Waals surface area (Å²) in [7, 11) is 0. The smallest absolute Gasteiger partial charge is 0.318 e. The summed E-state index contributed by atoms with van der Waals surface area (Å²) in [4.78, 5) is 25.8. The van der Waals surface area contributed by atoms with Crippen molar-refractivity contribution < 1.29 is 9.21 Å². The van der Waals surface area contributed by atoms with Crippen LogP contribution in [0.25, 0.3) is 0 Å². The Bertz CT molecular complexity index is 1420. The van der Waals surface area contributed by atoms with Gasteiger partial charge >= 0.3 is 6.01 Å². The normalized spacial score (nSPS) is 16.7. The maximum absolute atomic E-state index is 12.8. The summed E-state index contributed by atoms with van der Waals surface area (Å²) in [5.74, 6) is 0.877. The van der Waals surface area contributed by atoms with Gasteiger partial charge in [-0.2, -0.15) is 0 Å². The van der Waals surface area contributed by atoms with Gasteiger partial charge in [-0.3, -0.25) is 9.89 Å². The van der Waals surface area contributed by atoms with Crippen molar-refractivity contribution in [3.05, 3.63) is 70.1 Å². The molecule has 3 aliphatic rings. The summed E-state index contributed by atoms with van der Waals surface area (Å²) in [6.45, 7) is 2.20. The van der Waals surface area contributed by atoms with E-state index in [4.69, 9.17) is 9.40 Å². The maximum Gasteiger partial charge on any atom is 0.318 e. The van der Waals surface area contributed by atoms with Crippen molar-refractivity contribution in [1.82, 2.24) is 40.5 Å². The number of rotatable bonds is 5. The Morgan fingerprint density at radius 3 is 2.78 bits per heavy atom. The molecular formula is C24H24N10O2. The highest BCUT2D eigenvalue weighted by molar-refractivity contribution is 5.78. The molecule has 1 amide bonds. The second-order valence-electron chi connectivity index (χ2n) is 9.50. The Hall–Kier alpha value is -4.35. The average Bonchev–Trinajstić information content (AvgIpc) is 3.68. The molecule has 0 atom stereocenters. The van der Waals surface area contributed by atoms with Gasteiger partial charge in [-0.15, -0.1) is 10.2 Å². The minimum atomic E-state index is -0.0641. The Labute approximate surface area is 206 Å². The van der Waals surface area contributed by atoms with Gasteiger partial charge in [-0.05, 0) is 24.0 Å². The lowest BCUT2D eigenvalue weighted by Gasteiger charge is -2.25. The monoisotopic (exact) mass is 484 g/mol. The van der Waals surface area contributed by atoms with Crippen LogP contribution in [0.5, 0.6) is 0 Å². The van der Waals surface area contributed by atoms with Crippen molar-refractivity contribution in [1.29, 1.82) is 0 Å². The summed E-state index contributed by atoms with van der Waals surface area (Å²) in [6.07, 6.45) is 4.56. The molecule has 0 saturated heterocycles. The molecule has 5 heterocycles. The number of benzene rings is 1. The number of aromatic amines is 1. The molecule has 2 N–H and O–H groups in total. The third-order valence-electron chi connectivity index (χ3n) is 7.09. The highest BCUT2D eigenvalue weighted by Crippen LogP contribution is 2.28. The van der Waals surface area contributed by atoms with E-state index in [0.717, 1.165) is 35.5 Å². The van der Waals surface area contributed by atoms with Gasteiger partial charge in [0, 0.05) is 30.8 Å². The average molecular weight is 485 g/mol. The highest BCUT2D eigenvalue weighted by Gasteiger charge is 2.28. The summed E-state index contributed by atoms with van der Waals surface area (Å²) in [5, 5.41) is 22.5. The third-order valence-corrected chi connectivity index (χ3v) is 7.09. The zero-order valence-electron chi connectivity index (χ0n) is 19.5. The first kappa shape index (κ1) is 21.0. The van der Waals surface area contributed by atoms with E-state index in [0.29, 0.717) is 56.5 Å². The van der Waals surface area contributed by atoms with Crippen LogP contribution in [0.15, 0.2) is 34.9 Å². The molecule has 12 nitrogen and oxygen atoms in total. The van der Waals surface area contributed by atoms with Gasteiger partial charge < -0.3 is 19.5 Å². The number of amides is 1. The Kier molecular flexibility index (Phi) is 4.89. The molecule has 0 fully saturated rings. The minimum absolute atomic E-state index is 0.0579. The topological polar surface area (TPSA) is 142 Å². The number of fused-ring (bicyclic) bond motifs is 3. The van der Waals surface area contributed by atoms with Gasteiger partial charge in [-0.25, -0.2) is 9.97 Å². The number of H-pyrrole nitrogens is 1. The van der Waals surface area contributed by atoms with Crippen molar-refractivity contribution in [3.8, 4) is 0 Å². The molecular weight excluding hydrogens is 460 g/mol. The molecule has 36 heavy (non-hydrogen) atoms. The zero-order valence-corrected chi connectivity index (χ0v) is 19.5. The number of nitrogens with zero attached hydrogens (tertiary/aromatic N) is 8. The maximum atomic E-state index is 12.8. The van der Waals surface area contributed by atoms with E-state index >= 15 is 0 Å². The summed E-state index contributed by atoms with van der Waals surface area (Å²) >= 11 is 0. The molecule has 182 valence electrons. The van der Waals surface area contributed by atoms with Crippen LogP contribution in [0.2, 0.25) is 0 Å². The lowest BCUT2D eigenvalue weighted by molar-refractivity contribution is -0.131. The van der Waals surface area contributed by atoms with Gasteiger partial charge in [0.15, 0.2) is 0 Å². The number of carbonyl (C=O) groups excluding carboxylic acids is 1. The van der Waals surface area contributed by atoms with Gasteiger partial charge in [0.25, 0.3) is 0 Å². The highest BCUT2D eigenvalue weighted by atomic mass is 16.4. The molecule has 1 aromatic carbocycles. The number of hydrogen-bond donors (Lipinski definition) is 2. The number of hydrogen-bond acceptors (Lipinski definition) is 10. The van der Waals surface area contributed by atoms with Gasteiger partial charge in [-0.1, -0.05) is 34.6 Å². The predicted octanol–water partition coefficient (Wildman–Crippen LogP) is 1.20. The van der Waals surface area contributed by atoms with Crippen LogP contribution < -0.4 is 10.2 Å². The van der Waals surface area contributed by atoms with Crippen molar-refractivity contribution >= 4 is 17.9 Å². The zero-order chi connectivity index (χ0) is 24.1. The van der Waals surface area contributed by atoms with E-state index in [2.05, 4.69) is 60.2 Å². The molecule has 0 radical (unpaired) electrons. The second-order valence-corrected chi connectivity index (χ2v) is 9.50. The summed E-state index contributed by atoms with van der Waals surface area (Å²) in [6, 6.07) is 9.22. The molecule has 0 spiro atoms. The third kappa shape index (κ3) is 3.84. The fourth-order valence-electron chi connectivity index (χ4n) is 5.21. The molecule has 3 aromatic heterocycles. The number of anilines is 2. The van der Waals surface area contributed by atoms with Crippen LogP contribution in [0, 0.1) is 0 Å². The molecule has 7 rings (SSSR count). The van der Waals surface area contributed by atoms with Crippen molar-refractivity contribution in [2.75, 3.05) is 16.8 Å². The summed E-state index contributed by atoms with van der Waals surface area (Å²) in [5.41, 5.74) is 6.54. The number of carbonyl (C=O) groups is 1. The molecule has 0 unspecified atom stereocenters. The van der Waals surface area contributed by atoms with Crippen molar-refractivity contribution in [2.24, 2.45) is 0 Å². The fourth-order valence-corrected chi connectivity index (χ4v) is 5.21. The van der Waals surface area contributed by atoms with Crippen LogP contribution in [-0.2, 0) is 50.1 Å². The lowest BCUT2D eigenvalue weighted by Crippen LogP contribution is -2.37. The van der Waals surface area contributed by atoms with E-state index in [9.17, 15) is 4.79 Å². The van der Waals surface area contributed by atoms with Crippen molar-refractivity contribution in [2.45, 2.75) is 51.4 Å². The summed E-state index contributed by atoms with van der Waals surface area (Å²) < 4.78 is 5.85. The van der Waals surface area contributed by atoms with E-state index in [1.54, 1.807) is 4.90 Å². The number of aromatic nitrogens is 7. The predicted molar refractivity (Wildman–Crippen MR) is 127 cm³/mol. The standard InChI is InChI=1S/C24H24N10O2/c35-22(33-6-5-18-20(13-33)29-32-28-18)9-21-30-31-24(36-21)34-11-16-10-25-23(27-19(16)12-34)26-17-7-14-3-1-2-4-15(14)8-17/h1-4,10,17H,5-9,11-13H2,(H,25,26,27)(H,28,29,32). The van der Waals surface area contributed by atoms with Gasteiger partial charge in [0.05, 0.1) is 36.7 Å². The lowest BCUT2D eigenvalue weighted by atomic mass is 10.1. The fraction of sp³-hybridized carbons (Fsp3) is 0.375. The Morgan fingerprint density at radius 1 is 1.06 bits per heavy atom. The first-order chi connectivity index (χ1) is 17.7. The van der Waals surface area contributed by atoms with Crippen LogP contribution in [0.1, 0.15) is 39.7 Å². The second kappa shape index (κ2) is 8.40. The molecule has 0 bridgehead atoms. The van der Waals surface area contributed by atoms with E-state index in [1.807, 2.05) is 11.1 Å². The molecule has 2 aliphatic heterocycles. The first-order valence-electron chi connectivity index (χ1n) is 12.1. The van der Waals surface area contributed by atoms with Crippen molar-refractivity contribution in [3.63, 3.8) is 0 Å². The SMILES string of the molecule is O=C(Cc1nnc(N2Cc3cnc(NC4Cc5ccccc5C4)nc3C2)o1)N1CCc2nn[nH]c2C1. The largest absolute Gasteiger partial charge is 0.407 e. The minimum Gasteiger partial charge on any atom is -0.407 e. The molecule has 12 heteroatoms. The molecule has 1 aliphatic carbocycles.